The number of H-pyrrole nitrogens is 1. The highest BCUT2D eigenvalue weighted by molar-refractivity contribution is 5.07. The van der Waals surface area contributed by atoms with E-state index in [1.165, 1.54) is 10.8 Å². The Morgan fingerprint density at radius 1 is 1.39 bits per heavy atom. The molecule has 0 bridgehead atoms. The molecule has 1 aliphatic heterocycles. The van der Waals surface area contributed by atoms with Crippen molar-refractivity contribution in [2.75, 3.05) is 6.61 Å². The molecular formula is C14H19N5O4. The Hall–Kier alpha value is -2.26. The van der Waals surface area contributed by atoms with Crippen LogP contribution in [-0.4, -0.2) is 42.4 Å². The van der Waals surface area contributed by atoms with Crippen LogP contribution in [0.2, 0.25) is 0 Å². The van der Waals surface area contributed by atoms with Crippen molar-refractivity contribution in [3.05, 3.63) is 44.0 Å². The van der Waals surface area contributed by atoms with Gasteiger partial charge in [-0.2, -0.15) is 0 Å². The molecule has 9 heteroatoms. The summed E-state index contributed by atoms with van der Waals surface area (Å²) < 4.78 is 8.87. The zero-order chi connectivity index (χ0) is 16.7. The summed E-state index contributed by atoms with van der Waals surface area (Å²) >= 11 is 0. The van der Waals surface area contributed by atoms with Gasteiger partial charge in [-0.25, -0.2) is 9.48 Å². The number of aliphatic hydroxyl groups is 1. The first-order chi connectivity index (χ1) is 10.9. The van der Waals surface area contributed by atoms with Crippen molar-refractivity contribution >= 4 is 0 Å². The van der Waals surface area contributed by atoms with Crippen LogP contribution in [-0.2, 0) is 4.74 Å². The molecule has 0 spiro atoms. The van der Waals surface area contributed by atoms with Gasteiger partial charge in [0.15, 0.2) is 0 Å². The van der Waals surface area contributed by atoms with Crippen LogP contribution in [0.5, 0.6) is 0 Å². The Morgan fingerprint density at radius 2 is 2.13 bits per heavy atom. The molecule has 2 aromatic rings. The highest BCUT2D eigenvalue weighted by Crippen LogP contribution is 2.36. The van der Waals surface area contributed by atoms with Crippen molar-refractivity contribution in [1.29, 1.82) is 0 Å². The Kier molecular flexibility index (Phi) is 3.90. The third kappa shape index (κ3) is 2.62. The lowest BCUT2D eigenvalue weighted by molar-refractivity contribution is -0.0324. The molecule has 124 valence electrons. The van der Waals surface area contributed by atoms with Gasteiger partial charge in [0.05, 0.1) is 24.0 Å². The molecule has 1 aliphatic rings. The fraction of sp³-hybridized carbons (Fsp3) is 0.571. The zero-order valence-electron chi connectivity index (χ0n) is 13.2. The first-order valence-electron chi connectivity index (χ1n) is 7.39. The van der Waals surface area contributed by atoms with Crippen LogP contribution in [0.4, 0.5) is 0 Å². The first-order valence-corrected chi connectivity index (χ1v) is 7.39. The van der Waals surface area contributed by atoms with Crippen molar-refractivity contribution in [3.63, 3.8) is 0 Å². The summed E-state index contributed by atoms with van der Waals surface area (Å²) in [6.45, 7) is 5.18. The van der Waals surface area contributed by atoms with E-state index in [9.17, 15) is 14.7 Å². The quantitative estimate of drug-likeness (QED) is 0.793. The largest absolute Gasteiger partial charge is 0.394 e. The van der Waals surface area contributed by atoms with Crippen LogP contribution in [0, 0.1) is 20.8 Å². The molecule has 23 heavy (non-hydrogen) atoms. The fourth-order valence-corrected chi connectivity index (χ4v) is 2.84. The van der Waals surface area contributed by atoms with Gasteiger partial charge in [0, 0.05) is 18.2 Å². The molecule has 1 unspecified atom stereocenters. The summed E-state index contributed by atoms with van der Waals surface area (Å²) in [6, 6.07) is -0.231. The molecule has 3 rings (SSSR count). The van der Waals surface area contributed by atoms with Gasteiger partial charge in [0.25, 0.3) is 5.56 Å². The van der Waals surface area contributed by atoms with Crippen LogP contribution in [0.1, 0.15) is 35.6 Å². The second-order valence-corrected chi connectivity index (χ2v) is 5.80. The third-order valence-corrected chi connectivity index (χ3v) is 4.31. The predicted molar refractivity (Wildman–Crippen MR) is 80.2 cm³/mol. The van der Waals surface area contributed by atoms with Gasteiger partial charge < -0.3 is 9.84 Å². The third-order valence-electron chi connectivity index (χ3n) is 4.31. The van der Waals surface area contributed by atoms with Crippen LogP contribution in [0.3, 0.4) is 0 Å². The average molecular weight is 321 g/mol. The second-order valence-electron chi connectivity index (χ2n) is 5.80. The van der Waals surface area contributed by atoms with Crippen molar-refractivity contribution in [1.82, 2.24) is 24.5 Å². The first kappa shape index (κ1) is 15.6. The molecule has 9 nitrogen and oxygen atoms in total. The topological polar surface area (TPSA) is 115 Å². The number of hydrogen-bond donors (Lipinski definition) is 2. The summed E-state index contributed by atoms with van der Waals surface area (Å²) in [5, 5.41) is 17.7. The van der Waals surface area contributed by atoms with Crippen LogP contribution in [0.15, 0.2) is 15.8 Å². The summed E-state index contributed by atoms with van der Waals surface area (Å²) in [5.41, 5.74) is 1.17. The van der Waals surface area contributed by atoms with Crippen LogP contribution < -0.4 is 11.2 Å². The standard InChI is InChI=1S/C14H19N5O4/c1-7-5-18(14(22)15-13(7)21)12-4-10(11(6-20)23-12)19-9(3)8(2)16-17-19/h5,10-12,20H,4,6H2,1-3H3,(H,15,21,22)/t10?,11-,12-/m1/s1. The van der Waals surface area contributed by atoms with E-state index in [1.54, 1.807) is 11.6 Å². The lowest BCUT2D eigenvalue weighted by Gasteiger charge is -2.17. The molecule has 2 N–H and O–H groups in total. The Labute approximate surface area is 131 Å². The van der Waals surface area contributed by atoms with E-state index in [0.29, 0.717) is 12.0 Å². The summed E-state index contributed by atoms with van der Waals surface area (Å²) in [4.78, 5) is 25.8. The number of aromatic amines is 1. The average Bonchev–Trinajstić information content (AvgIpc) is 3.07. The minimum atomic E-state index is -0.580. The van der Waals surface area contributed by atoms with Gasteiger partial charge in [0.2, 0.25) is 0 Å². The van der Waals surface area contributed by atoms with E-state index in [-0.39, 0.29) is 12.6 Å². The lowest BCUT2D eigenvalue weighted by Crippen LogP contribution is -2.33. The minimum Gasteiger partial charge on any atom is -0.394 e. The molecule has 0 aliphatic carbocycles. The molecule has 0 aromatic carbocycles. The summed E-state index contributed by atoms with van der Waals surface area (Å²) in [5.74, 6) is 0. The van der Waals surface area contributed by atoms with E-state index in [1.807, 2.05) is 13.8 Å². The van der Waals surface area contributed by atoms with Crippen molar-refractivity contribution in [2.45, 2.75) is 45.6 Å². The van der Waals surface area contributed by atoms with E-state index in [2.05, 4.69) is 15.3 Å². The van der Waals surface area contributed by atoms with Gasteiger partial charge >= 0.3 is 5.69 Å². The number of nitrogens with one attached hydrogen (secondary N) is 1. The number of aryl methyl sites for hydroxylation is 2. The zero-order valence-corrected chi connectivity index (χ0v) is 13.2. The number of rotatable bonds is 3. The van der Waals surface area contributed by atoms with E-state index in [0.717, 1.165) is 11.4 Å². The number of nitrogens with zero attached hydrogens (tertiary/aromatic N) is 4. The number of ether oxygens (including phenoxy) is 1. The molecule has 3 atom stereocenters. The van der Waals surface area contributed by atoms with Gasteiger partial charge in [0.1, 0.15) is 12.3 Å². The van der Waals surface area contributed by atoms with E-state index in [4.69, 9.17) is 4.74 Å². The van der Waals surface area contributed by atoms with Gasteiger partial charge in [-0.05, 0) is 20.8 Å². The maximum atomic E-state index is 12.0. The second kappa shape index (κ2) is 5.74. The lowest BCUT2D eigenvalue weighted by atomic mass is 10.1. The molecular weight excluding hydrogens is 302 g/mol. The molecule has 3 heterocycles. The molecule has 1 fully saturated rings. The smallest absolute Gasteiger partial charge is 0.330 e. The van der Waals surface area contributed by atoms with Gasteiger partial charge in [-0.3, -0.25) is 14.3 Å². The predicted octanol–water partition coefficient (Wildman–Crippen LogP) is -0.426. The minimum absolute atomic E-state index is 0.198. The summed E-state index contributed by atoms with van der Waals surface area (Å²) in [7, 11) is 0. The molecule has 0 saturated carbocycles. The van der Waals surface area contributed by atoms with E-state index < -0.39 is 23.6 Å². The summed E-state index contributed by atoms with van der Waals surface area (Å²) in [6.07, 6.45) is 0.838. The highest BCUT2D eigenvalue weighted by atomic mass is 16.5. The van der Waals surface area contributed by atoms with Crippen molar-refractivity contribution < 1.29 is 9.84 Å². The van der Waals surface area contributed by atoms with Gasteiger partial charge in [-0.1, -0.05) is 5.21 Å². The Morgan fingerprint density at radius 3 is 2.74 bits per heavy atom. The number of aliphatic hydroxyl groups excluding tert-OH is 1. The normalized spacial score (nSPS) is 24.3. The highest BCUT2D eigenvalue weighted by Gasteiger charge is 2.39. The van der Waals surface area contributed by atoms with Crippen LogP contribution in [0.25, 0.3) is 0 Å². The number of aromatic nitrogens is 5. The fourth-order valence-electron chi connectivity index (χ4n) is 2.84. The Bertz CT molecular complexity index is 836. The molecule has 1 saturated heterocycles. The Balaban J connectivity index is 1.96. The van der Waals surface area contributed by atoms with E-state index >= 15 is 0 Å². The van der Waals surface area contributed by atoms with Crippen molar-refractivity contribution in [3.8, 4) is 0 Å². The van der Waals surface area contributed by atoms with Crippen molar-refractivity contribution in [2.24, 2.45) is 0 Å². The molecule has 2 aromatic heterocycles. The SMILES string of the molecule is Cc1nnn(C2C[C@H](n3cc(C)c(=O)[nH]c3=O)O[C@@H]2CO)c1C. The van der Waals surface area contributed by atoms with Crippen LogP contribution >= 0.6 is 0 Å². The van der Waals surface area contributed by atoms with Gasteiger partial charge in [-0.15, -0.1) is 5.10 Å². The number of hydrogen-bond acceptors (Lipinski definition) is 6. The maximum Gasteiger partial charge on any atom is 0.330 e. The maximum absolute atomic E-state index is 12.0. The monoisotopic (exact) mass is 321 g/mol. The molecule has 0 radical (unpaired) electrons. The molecule has 0 amide bonds.